The Kier molecular flexibility index (Phi) is 5.39. The Morgan fingerprint density at radius 3 is 2.50 bits per heavy atom. The minimum atomic E-state index is -0.624. The van der Waals surface area contributed by atoms with Crippen molar-refractivity contribution in [3.63, 3.8) is 0 Å². The second-order valence-electron chi connectivity index (χ2n) is 7.64. The molecule has 1 fully saturated rings. The van der Waals surface area contributed by atoms with Gasteiger partial charge in [-0.2, -0.15) is 4.99 Å². The highest BCUT2D eigenvalue weighted by atomic mass is 19.1. The fourth-order valence-electron chi connectivity index (χ4n) is 4.21. The molecular formula is C22H25FN6O. The van der Waals surface area contributed by atoms with Crippen molar-refractivity contribution >= 4 is 23.5 Å². The third kappa shape index (κ3) is 3.85. The normalized spacial score (nSPS) is 18.0. The van der Waals surface area contributed by atoms with E-state index in [0.29, 0.717) is 11.3 Å². The Hall–Kier alpha value is -3.42. The molecule has 5 N–H and O–H groups in total. The Morgan fingerprint density at radius 2 is 1.77 bits per heavy atom. The Balaban J connectivity index is 1.64. The van der Waals surface area contributed by atoms with Gasteiger partial charge in [-0.15, -0.1) is 0 Å². The summed E-state index contributed by atoms with van der Waals surface area (Å²) in [7, 11) is 0. The van der Waals surface area contributed by atoms with Crippen molar-refractivity contribution < 1.29 is 9.18 Å². The second kappa shape index (κ2) is 8.14. The van der Waals surface area contributed by atoms with Gasteiger partial charge in [0, 0.05) is 6.54 Å². The molecule has 7 nitrogen and oxygen atoms in total. The lowest BCUT2D eigenvalue weighted by atomic mass is 9.87. The van der Waals surface area contributed by atoms with Crippen LogP contribution in [0.15, 0.2) is 58.5 Å². The first-order valence-corrected chi connectivity index (χ1v) is 10.1. The number of amides is 1. The number of nitrogens with one attached hydrogen (secondary N) is 1. The van der Waals surface area contributed by atoms with Crippen molar-refractivity contribution in [2.24, 2.45) is 21.5 Å². The third-order valence-electron chi connectivity index (χ3n) is 5.61. The minimum Gasteiger partial charge on any atom is -0.369 e. The van der Waals surface area contributed by atoms with Crippen LogP contribution >= 0.6 is 0 Å². The summed E-state index contributed by atoms with van der Waals surface area (Å²) in [6.45, 7) is 0.285. The highest BCUT2D eigenvalue weighted by molar-refractivity contribution is 6.10. The monoisotopic (exact) mass is 408 g/mol. The number of anilines is 1. The number of carbonyl (C=O) groups excluding carboxylic acids is 1. The van der Waals surface area contributed by atoms with Crippen LogP contribution in [-0.2, 0) is 6.54 Å². The Morgan fingerprint density at radius 1 is 1.07 bits per heavy atom. The van der Waals surface area contributed by atoms with E-state index in [1.54, 1.807) is 24.3 Å². The van der Waals surface area contributed by atoms with E-state index in [-0.39, 0.29) is 30.2 Å². The molecule has 1 amide bonds. The SMILES string of the molecule is NC1=NC2(CCCCC2)N(c2ccccc2C(=O)NCc2ccc(F)cc2)C(N)=N1. The van der Waals surface area contributed by atoms with Gasteiger partial charge in [0.25, 0.3) is 5.91 Å². The summed E-state index contributed by atoms with van der Waals surface area (Å²) in [5, 5.41) is 2.90. The fourth-order valence-corrected chi connectivity index (χ4v) is 4.21. The maximum atomic E-state index is 13.1. The number of benzene rings is 2. The van der Waals surface area contributed by atoms with Crippen LogP contribution in [0.2, 0.25) is 0 Å². The van der Waals surface area contributed by atoms with Gasteiger partial charge in [-0.3, -0.25) is 9.69 Å². The van der Waals surface area contributed by atoms with Gasteiger partial charge < -0.3 is 16.8 Å². The van der Waals surface area contributed by atoms with E-state index in [2.05, 4.69) is 15.3 Å². The largest absolute Gasteiger partial charge is 0.369 e. The second-order valence-corrected chi connectivity index (χ2v) is 7.64. The van der Waals surface area contributed by atoms with E-state index in [9.17, 15) is 9.18 Å². The third-order valence-corrected chi connectivity index (χ3v) is 5.61. The molecule has 30 heavy (non-hydrogen) atoms. The Labute approximate surface area is 174 Å². The molecule has 2 aliphatic rings. The van der Waals surface area contributed by atoms with Gasteiger partial charge in [0.1, 0.15) is 11.5 Å². The van der Waals surface area contributed by atoms with Gasteiger partial charge in [0.2, 0.25) is 11.9 Å². The zero-order valence-corrected chi connectivity index (χ0v) is 16.6. The molecule has 1 spiro atoms. The van der Waals surface area contributed by atoms with Crippen LogP contribution < -0.4 is 21.7 Å². The first-order chi connectivity index (χ1) is 14.5. The molecule has 1 aliphatic heterocycles. The number of halogens is 1. The first-order valence-electron chi connectivity index (χ1n) is 10.1. The number of hydrogen-bond donors (Lipinski definition) is 3. The van der Waals surface area contributed by atoms with Gasteiger partial charge in [-0.1, -0.05) is 30.7 Å². The van der Waals surface area contributed by atoms with E-state index in [0.717, 1.165) is 37.7 Å². The maximum absolute atomic E-state index is 13.1. The number of hydrogen-bond acceptors (Lipinski definition) is 6. The van der Waals surface area contributed by atoms with Gasteiger partial charge in [-0.05, 0) is 55.5 Å². The quantitative estimate of drug-likeness (QED) is 0.723. The minimum absolute atomic E-state index is 0.170. The van der Waals surface area contributed by atoms with Crippen molar-refractivity contribution in [1.29, 1.82) is 0 Å². The summed E-state index contributed by atoms with van der Waals surface area (Å²) in [6, 6.07) is 13.3. The number of nitrogens with two attached hydrogens (primary N) is 2. The molecule has 2 aromatic carbocycles. The number of carbonyl (C=O) groups is 1. The van der Waals surface area contributed by atoms with Crippen molar-refractivity contribution in [3.8, 4) is 0 Å². The smallest absolute Gasteiger partial charge is 0.253 e. The van der Waals surface area contributed by atoms with Gasteiger partial charge in [0.15, 0.2) is 0 Å². The average Bonchev–Trinajstić information content (AvgIpc) is 2.73. The topological polar surface area (TPSA) is 109 Å². The van der Waals surface area contributed by atoms with Crippen LogP contribution in [0.4, 0.5) is 10.1 Å². The first kappa shape index (κ1) is 19.9. The molecule has 0 radical (unpaired) electrons. The van der Waals surface area contributed by atoms with Crippen molar-refractivity contribution in [1.82, 2.24) is 5.32 Å². The van der Waals surface area contributed by atoms with Crippen LogP contribution in [0.25, 0.3) is 0 Å². The molecule has 1 aliphatic carbocycles. The van der Waals surface area contributed by atoms with Crippen LogP contribution in [0.3, 0.4) is 0 Å². The molecule has 0 atom stereocenters. The molecule has 2 aromatic rings. The summed E-state index contributed by atoms with van der Waals surface area (Å²) in [6.07, 6.45) is 4.70. The molecule has 4 rings (SSSR count). The number of nitrogens with zero attached hydrogens (tertiary/aromatic N) is 3. The lowest BCUT2D eigenvalue weighted by Crippen LogP contribution is -2.58. The zero-order chi connectivity index (χ0) is 21.1. The molecule has 0 saturated heterocycles. The van der Waals surface area contributed by atoms with E-state index < -0.39 is 5.66 Å². The maximum Gasteiger partial charge on any atom is 0.253 e. The summed E-state index contributed by atoms with van der Waals surface area (Å²) in [4.78, 5) is 23.7. The lowest BCUT2D eigenvalue weighted by Gasteiger charge is -2.46. The van der Waals surface area contributed by atoms with Crippen molar-refractivity contribution in [2.45, 2.75) is 44.3 Å². The summed E-state index contributed by atoms with van der Waals surface area (Å²) in [5.74, 6) is -0.156. The van der Waals surface area contributed by atoms with Crippen LogP contribution in [0.5, 0.6) is 0 Å². The fraction of sp³-hybridized carbons (Fsp3) is 0.318. The summed E-state index contributed by atoms with van der Waals surface area (Å²) in [5.41, 5.74) is 13.5. The molecule has 8 heteroatoms. The highest BCUT2D eigenvalue weighted by Gasteiger charge is 2.43. The molecule has 156 valence electrons. The van der Waals surface area contributed by atoms with E-state index >= 15 is 0 Å². The molecule has 1 heterocycles. The van der Waals surface area contributed by atoms with Gasteiger partial charge >= 0.3 is 0 Å². The average molecular weight is 408 g/mol. The standard InChI is InChI=1S/C22H25FN6O/c23-16-10-8-15(9-11-16)14-26-19(30)17-6-2-3-7-18(17)29-21(25)27-20(24)28-22(29)12-4-1-5-13-22/h2-3,6-11H,1,4-5,12-14H2,(H,26,30)(H4,24,25,27,28). The summed E-state index contributed by atoms with van der Waals surface area (Å²) < 4.78 is 13.1. The highest BCUT2D eigenvalue weighted by Crippen LogP contribution is 2.40. The van der Waals surface area contributed by atoms with Gasteiger partial charge in [0.05, 0.1) is 11.3 Å². The number of guanidine groups is 2. The molecule has 0 bridgehead atoms. The van der Waals surface area contributed by atoms with Crippen LogP contribution in [0, 0.1) is 5.82 Å². The number of rotatable bonds is 4. The van der Waals surface area contributed by atoms with E-state index in [1.165, 1.54) is 12.1 Å². The lowest BCUT2D eigenvalue weighted by molar-refractivity contribution is 0.0951. The zero-order valence-electron chi connectivity index (χ0n) is 16.6. The van der Waals surface area contributed by atoms with Crippen molar-refractivity contribution in [2.75, 3.05) is 4.90 Å². The molecule has 0 unspecified atom stereocenters. The molecular weight excluding hydrogens is 383 g/mol. The Bertz CT molecular complexity index is 995. The van der Waals surface area contributed by atoms with E-state index in [1.807, 2.05) is 17.0 Å². The van der Waals surface area contributed by atoms with Crippen molar-refractivity contribution in [3.05, 3.63) is 65.5 Å². The van der Waals surface area contributed by atoms with Gasteiger partial charge in [-0.25, -0.2) is 9.38 Å². The number of aliphatic imine (C=N–C) groups is 2. The molecule has 1 saturated carbocycles. The predicted octanol–water partition coefficient (Wildman–Crippen LogP) is 2.87. The predicted molar refractivity (Wildman–Crippen MR) is 116 cm³/mol. The van der Waals surface area contributed by atoms with Crippen LogP contribution in [0.1, 0.15) is 48.0 Å². The number of para-hydroxylation sites is 1. The molecule has 0 aromatic heterocycles. The van der Waals surface area contributed by atoms with Crippen LogP contribution in [-0.4, -0.2) is 23.5 Å². The van der Waals surface area contributed by atoms with E-state index in [4.69, 9.17) is 11.5 Å². The summed E-state index contributed by atoms with van der Waals surface area (Å²) >= 11 is 0.